The van der Waals surface area contributed by atoms with Crippen LogP contribution in [-0.2, 0) is 6.42 Å². The average Bonchev–Trinajstić information content (AvgIpc) is 2.75. The van der Waals surface area contributed by atoms with Gasteiger partial charge < -0.3 is 4.42 Å². The van der Waals surface area contributed by atoms with E-state index in [0.29, 0.717) is 12.0 Å². The minimum Gasteiger partial charge on any atom is -0.469 e. The van der Waals surface area contributed by atoms with Crippen molar-refractivity contribution in [1.82, 2.24) is 0 Å². The molecule has 2 aromatic heterocycles. The van der Waals surface area contributed by atoms with Gasteiger partial charge in [-0.1, -0.05) is 0 Å². The Morgan fingerprint density at radius 2 is 2.20 bits per heavy atom. The molecule has 78 valence electrons. The van der Waals surface area contributed by atoms with Gasteiger partial charge in [-0.25, -0.2) is 0 Å². The zero-order chi connectivity index (χ0) is 10.8. The molecule has 0 aromatic carbocycles. The van der Waals surface area contributed by atoms with Crippen molar-refractivity contribution in [1.29, 1.82) is 0 Å². The monoisotopic (exact) mass is 220 g/mol. The molecule has 2 aromatic rings. The Morgan fingerprint density at radius 1 is 1.40 bits per heavy atom. The molecule has 0 aliphatic carbocycles. The van der Waals surface area contributed by atoms with Crippen LogP contribution in [0.1, 0.15) is 26.6 Å². The summed E-state index contributed by atoms with van der Waals surface area (Å²) in [5.74, 6) is 0.893. The van der Waals surface area contributed by atoms with Gasteiger partial charge in [0.25, 0.3) is 0 Å². The second kappa shape index (κ2) is 4.03. The van der Waals surface area contributed by atoms with Crippen molar-refractivity contribution >= 4 is 17.1 Å². The quantitative estimate of drug-likeness (QED) is 0.742. The second-order valence-corrected chi connectivity index (χ2v) is 4.73. The fraction of sp³-hybridized carbons (Fsp3) is 0.250. The van der Waals surface area contributed by atoms with Crippen LogP contribution < -0.4 is 0 Å². The first-order valence-electron chi connectivity index (χ1n) is 4.77. The van der Waals surface area contributed by atoms with Gasteiger partial charge in [-0.15, -0.1) is 11.3 Å². The summed E-state index contributed by atoms with van der Waals surface area (Å²) in [6.45, 7) is 3.88. The summed E-state index contributed by atoms with van der Waals surface area (Å²) in [5, 5.41) is 2.03. The summed E-state index contributed by atoms with van der Waals surface area (Å²) in [6, 6.07) is 3.83. The molecule has 0 fully saturated rings. The SMILES string of the molecule is Cc1cc(C(=O)Cc2csc(C)c2)co1. The molecule has 0 bridgehead atoms. The number of thiophene rings is 1. The molecule has 2 heterocycles. The van der Waals surface area contributed by atoms with E-state index in [1.54, 1.807) is 17.4 Å². The van der Waals surface area contributed by atoms with Gasteiger partial charge in [-0.3, -0.25) is 4.79 Å². The Balaban J connectivity index is 2.10. The Labute approximate surface area is 92.5 Å². The molecule has 0 unspecified atom stereocenters. The van der Waals surface area contributed by atoms with Crippen molar-refractivity contribution in [3.05, 3.63) is 45.5 Å². The van der Waals surface area contributed by atoms with Crippen LogP contribution in [0.3, 0.4) is 0 Å². The number of Topliss-reactive ketones (excluding diaryl/α,β-unsaturated/α-hetero) is 1. The van der Waals surface area contributed by atoms with Crippen molar-refractivity contribution in [2.75, 3.05) is 0 Å². The first kappa shape index (κ1) is 10.2. The number of carbonyl (C=O) groups excluding carboxylic acids is 1. The highest BCUT2D eigenvalue weighted by atomic mass is 32.1. The van der Waals surface area contributed by atoms with Gasteiger partial charge in [-0.05, 0) is 36.9 Å². The smallest absolute Gasteiger partial charge is 0.170 e. The highest BCUT2D eigenvalue weighted by Crippen LogP contribution is 2.16. The predicted molar refractivity (Wildman–Crippen MR) is 60.5 cm³/mol. The third kappa shape index (κ3) is 2.36. The number of carbonyl (C=O) groups is 1. The molecule has 2 rings (SSSR count). The van der Waals surface area contributed by atoms with Crippen LogP contribution in [0.4, 0.5) is 0 Å². The molecule has 0 spiro atoms. The lowest BCUT2D eigenvalue weighted by atomic mass is 10.1. The number of aryl methyl sites for hydroxylation is 2. The Bertz CT molecular complexity index is 479. The van der Waals surface area contributed by atoms with E-state index in [-0.39, 0.29) is 5.78 Å². The summed E-state index contributed by atoms with van der Waals surface area (Å²) in [5.41, 5.74) is 1.75. The normalized spacial score (nSPS) is 10.5. The van der Waals surface area contributed by atoms with E-state index in [1.807, 2.05) is 19.2 Å². The summed E-state index contributed by atoms with van der Waals surface area (Å²) < 4.78 is 5.11. The molecular formula is C12H12O2S. The lowest BCUT2D eigenvalue weighted by Crippen LogP contribution is -2.00. The number of furan rings is 1. The van der Waals surface area contributed by atoms with E-state index in [0.717, 1.165) is 11.3 Å². The maximum atomic E-state index is 11.8. The highest BCUT2D eigenvalue weighted by Gasteiger charge is 2.10. The Kier molecular flexibility index (Phi) is 2.73. The minimum atomic E-state index is 0.115. The van der Waals surface area contributed by atoms with Crippen LogP contribution in [0.25, 0.3) is 0 Å². The summed E-state index contributed by atoms with van der Waals surface area (Å²) in [6.07, 6.45) is 1.99. The standard InChI is InChI=1S/C12H12O2S/c1-8-3-11(6-14-8)12(13)5-10-4-9(2)15-7-10/h3-4,6-7H,5H2,1-2H3. The van der Waals surface area contributed by atoms with E-state index >= 15 is 0 Å². The molecule has 0 saturated carbocycles. The molecule has 0 aliphatic heterocycles. The average molecular weight is 220 g/mol. The van der Waals surface area contributed by atoms with Gasteiger partial charge in [0, 0.05) is 11.3 Å². The van der Waals surface area contributed by atoms with Crippen LogP contribution in [0.5, 0.6) is 0 Å². The first-order chi connectivity index (χ1) is 7.15. The van der Waals surface area contributed by atoms with Gasteiger partial charge in [0.15, 0.2) is 5.78 Å². The number of rotatable bonds is 3. The van der Waals surface area contributed by atoms with Crippen molar-refractivity contribution < 1.29 is 9.21 Å². The molecule has 15 heavy (non-hydrogen) atoms. The van der Waals surface area contributed by atoms with E-state index in [2.05, 4.69) is 6.07 Å². The van der Waals surface area contributed by atoms with Crippen molar-refractivity contribution in [3.63, 3.8) is 0 Å². The van der Waals surface area contributed by atoms with Gasteiger partial charge in [-0.2, -0.15) is 0 Å². The lowest BCUT2D eigenvalue weighted by molar-refractivity contribution is 0.0992. The van der Waals surface area contributed by atoms with Crippen LogP contribution in [0, 0.1) is 13.8 Å². The second-order valence-electron chi connectivity index (χ2n) is 3.61. The van der Waals surface area contributed by atoms with Crippen molar-refractivity contribution in [3.8, 4) is 0 Å². The molecule has 2 nitrogen and oxygen atoms in total. The van der Waals surface area contributed by atoms with Crippen LogP contribution in [-0.4, -0.2) is 5.78 Å². The molecular weight excluding hydrogens is 208 g/mol. The molecule has 0 saturated heterocycles. The zero-order valence-electron chi connectivity index (χ0n) is 8.74. The van der Waals surface area contributed by atoms with E-state index in [1.165, 1.54) is 11.1 Å². The fourth-order valence-corrected chi connectivity index (χ4v) is 2.18. The largest absolute Gasteiger partial charge is 0.469 e. The van der Waals surface area contributed by atoms with Crippen molar-refractivity contribution in [2.24, 2.45) is 0 Å². The first-order valence-corrected chi connectivity index (χ1v) is 5.65. The Hall–Kier alpha value is -1.35. The maximum Gasteiger partial charge on any atom is 0.170 e. The molecule has 0 radical (unpaired) electrons. The number of hydrogen-bond acceptors (Lipinski definition) is 3. The summed E-state index contributed by atoms with van der Waals surface area (Å²) >= 11 is 1.67. The highest BCUT2D eigenvalue weighted by molar-refractivity contribution is 7.10. The summed E-state index contributed by atoms with van der Waals surface area (Å²) in [4.78, 5) is 13.0. The van der Waals surface area contributed by atoms with E-state index < -0.39 is 0 Å². The van der Waals surface area contributed by atoms with Crippen LogP contribution in [0.15, 0.2) is 28.2 Å². The zero-order valence-corrected chi connectivity index (χ0v) is 9.56. The van der Waals surface area contributed by atoms with Gasteiger partial charge in [0.05, 0.1) is 5.56 Å². The number of ketones is 1. The number of hydrogen-bond donors (Lipinski definition) is 0. The van der Waals surface area contributed by atoms with Gasteiger partial charge >= 0.3 is 0 Å². The third-order valence-electron chi connectivity index (χ3n) is 2.20. The predicted octanol–water partition coefficient (Wildman–Crippen LogP) is 3.38. The van der Waals surface area contributed by atoms with E-state index in [4.69, 9.17) is 4.42 Å². The molecule has 0 aliphatic rings. The van der Waals surface area contributed by atoms with Gasteiger partial charge in [0.1, 0.15) is 12.0 Å². The summed E-state index contributed by atoms with van der Waals surface area (Å²) in [7, 11) is 0. The molecule has 0 N–H and O–H groups in total. The Morgan fingerprint density at radius 3 is 2.73 bits per heavy atom. The molecule has 0 amide bonds. The van der Waals surface area contributed by atoms with Crippen LogP contribution in [0.2, 0.25) is 0 Å². The van der Waals surface area contributed by atoms with Gasteiger partial charge in [0.2, 0.25) is 0 Å². The lowest BCUT2D eigenvalue weighted by Gasteiger charge is -1.93. The fourth-order valence-electron chi connectivity index (χ4n) is 1.47. The topological polar surface area (TPSA) is 30.2 Å². The maximum absolute atomic E-state index is 11.8. The molecule has 0 atom stereocenters. The van der Waals surface area contributed by atoms with E-state index in [9.17, 15) is 4.79 Å². The van der Waals surface area contributed by atoms with Crippen LogP contribution >= 0.6 is 11.3 Å². The third-order valence-corrected chi connectivity index (χ3v) is 3.11. The minimum absolute atomic E-state index is 0.115. The van der Waals surface area contributed by atoms with Crippen molar-refractivity contribution in [2.45, 2.75) is 20.3 Å². The molecule has 3 heteroatoms.